The lowest BCUT2D eigenvalue weighted by molar-refractivity contribution is 0.623. The van der Waals surface area contributed by atoms with E-state index in [0.29, 0.717) is 5.69 Å². The highest BCUT2D eigenvalue weighted by molar-refractivity contribution is 7.16. The molecule has 1 N–H and O–H groups in total. The Bertz CT molecular complexity index is 622. The Balaban J connectivity index is 1.72. The summed E-state index contributed by atoms with van der Waals surface area (Å²) in [5.41, 5.74) is 1.51. The van der Waals surface area contributed by atoms with Gasteiger partial charge in [-0.15, -0.1) is 11.3 Å². The summed E-state index contributed by atoms with van der Waals surface area (Å²) in [6.07, 6.45) is 2.30. The Labute approximate surface area is 133 Å². The zero-order valence-corrected chi connectivity index (χ0v) is 13.5. The van der Waals surface area contributed by atoms with E-state index in [1.807, 2.05) is 24.3 Å². The van der Waals surface area contributed by atoms with E-state index >= 15 is 0 Å². The molecule has 21 heavy (non-hydrogen) atoms. The Morgan fingerprint density at radius 2 is 2.00 bits per heavy atom. The lowest BCUT2D eigenvalue weighted by Crippen LogP contribution is -2.19. The van der Waals surface area contributed by atoms with Crippen LogP contribution in [0.3, 0.4) is 0 Å². The number of nitrogens with zero attached hydrogens (tertiary/aromatic N) is 1. The molecule has 5 heteroatoms. The van der Waals surface area contributed by atoms with Gasteiger partial charge in [-0.2, -0.15) is 0 Å². The summed E-state index contributed by atoms with van der Waals surface area (Å²) in [6.45, 7) is 3.95. The van der Waals surface area contributed by atoms with Crippen molar-refractivity contribution in [3.63, 3.8) is 0 Å². The van der Waals surface area contributed by atoms with E-state index < -0.39 is 0 Å². The highest BCUT2D eigenvalue weighted by atomic mass is 35.5. The summed E-state index contributed by atoms with van der Waals surface area (Å²) >= 11 is 7.50. The molecule has 0 radical (unpaired) electrons. The van der Waals surface area contributed by atoms with E-state index in [9.17, 15) is 4.39 Å². The van der Waals surface area contributed by atoms with E-state index in [1.165, 1.54) is 0 Å². The summed E-state index contributed by atoms with van der Waals surface area (Å²) in [5, 5.41) is 3.32. The normalized spacial score (nSPS) is 16.2. The first-order valence-corrected chi connectivity index (χ1v) is 8.39. The third-order valence-corrected chi connectivity index (χ3v) is 5.21. The lowest BCUT2D eigenvalue weighted by Gasteiger charge is -2.20. The van der Waals surface area contributed by atoms with E-state index in [1.54, 1.807) is 17.4 Å². The van der Waals surface area contributed by atoms with Crippen LogP contribution in [-0.4, -0.2) is 13.1 Å². The van der Waals surface area contributed by atoms with E-state index in [0.717, 1.165) is 40.8 Å². The first-order valence-electron chi connectivity index (χ1n) is 7.20. The largest absolute Gasteiger partial charge is 0.378 e. The standard InChI is InChI=1S/C16H18ClFN2S/c1-11(15-6-7-16(17)21-15)19-12-4-5-14(13(18)10-12)20-8-2-3-9-20/h4-7,10-11,19H,2-3,8-9H2,1H3. The minimum atomic E-state index is -0.154. The van der Waals surface area contributed by atoms with Crippen LogP contribution in [0.4, 0.5) is 15.8 Å². The number of anilines is 2. The Morgan fingerprint density at radius 3 is 2.62 bits per heavy atom. The molecule has 1 aliphatic heterocycles. The van der Waals surface area contributed by atoms with Crippen molar-refractivity contribution in [2.24, 2.45) is 0 Å². The van der Waals surface area contributed by atoms with Gasteiger partial charge in [0.1, 0.15) is 5.82 Å². The van der Waals surface area contributed by atoms with Gasteiger partial charge < -0.3 is 10.2 Å². The topological polar surface area (TPSA) is 15.3 Å². The molecule has 0 saturated carbocycles. The monoisotopic (exact) mass is 324 g/mol. The van der Waals surface area contributed by atoms with Crippen molar-refractivity contribution in [1.82, 2.24) is 0 Å². The zero-order chi connectivity index (χ0) is 14.8. The summed E-state index contributed by atoms with van der Waals surface area (Å²) in [6, 6.07) is 9.40. The molecular weight excluding hydrogens is 307 g/mol. The smallest absolute Gasteiger partial charge is 0.148 e. The minimum absolute atomic E-state index is 0.111. The maximum Gasteiger partial charge on any atom is 0.148 e. The average molecular weight is 325 g/mol. The lowest BCUT2D eigenvalue weighted by atomic mass is 10.2. The van der Waals surface area contributed by atoms with Crippen LogP contribution < -0.4 is 10.2 Å². The third kappa shape index (κ3) is 3.33. The fraction of sp³-hybridized carbons (Fsp3) is 0.375. The van der Waals surface area contributed by atoms with E-state index in [4.69, 9.17) is 11.6 Å². The summed E-state index contributed by atoms with van der Waals surface area (Å²) in [7, 11) is 0. The number of hydrogen-bond donors (Lipinski definition) is 1. The van der Waals surface area contributed by atoms with Gasteiger partial charge in [0.25, 0.3) is 0 Å². The maximum atomic E-state index is 14.3. The predicted octanol–water partition coefficient (Wildman–Crippen LogP) is 5.31. The van der Waals surface area contributed by atoms with Crippen molar-refractivity contribution in [2.75, 3.05) is 23.3 Å². The molecule has 1 fully saturated rings. The summed E-state index contributed by atoms with van der Waals surface area (Å²) in [4.78, 5) is 3.26. The first-order chi connectivity index (χ1) is 10.1. The fourth-order valence-corrected chi connectivity index (χ4v) is 3.76. The molecule has 2 aromatic rings. The van der Waals surface area contributed by atoms with Crippen molar-refractivity contribution in [3.8, 4) is 0 Å². The van der Waals surface area contributed by atoms with Gasteiger partial charge in [-0.05, 0) is 50.1 Å². The van der Waals surface area contributed by atoms with Gasteiger partial charge in [0.15, 0.2) is 0 Å². The maximum absolute atomic E-state index is 14.3. The molecule has 3 rings (SSSR count). The van der Waals surface area contributed by atoms with Crippen LogP contribution >= 0.6 is 22.9 Å². The van der Waals surface area contributed by atoms with Crippen molar-refractivity contribution in [1.29, 1.82) is 0 Å². The molecule has 112 valence electrons. The van der Waals surface area contributed by atoms with Gasteiger partial charge in [-0.25, -0.2) is 4.39 Å². The van der Waals surface area contributed by atoms with E-state index in [2.05, 4.69) is 17.1 Å². The van der Waals surface area contributed by atoms with Gasteiger partial charge in [-0.3, -0.25) is 0 Å². The molecule has 2 nitrogen and oxygen atoms in total. The molecule has 1 aromatic carbocycles. The molecule has 1 unspecified atom stereocenters. The molecule has 0 spiro atoms. The second-order valence-corrected chi connectivity index (χ2v) is 7.11. The van der Waals surface area contributed by atoms with Gasteiger partial charge in [0.05, 0.1) is 16.1 Å². The minimum Gasteiger partial charge on any atom is -0.378 e. The zero-order valence-electron chi connectivity index (χ0n) is 11.9. The van der Waals surface area contributed by atoms with Crippen molar-refractivity contribution >= 4 is 34.3 Å². The number of rotatable bonds is 4. The molecule has 0 amide bonds. The number of thiophene rings is 1. The molecule has 1 saturated heterocycles. The van der Waals surface area contributed by atoms with Gasteiger partial charge in [0, 0.05) is 23.7 Å². The van der Waals surface area contributed by atoms with Crippen LogP contribution in [0.15, 0.2) is 30.3 Å². The second kappa shape index (κ2) is 6.24. The highest BCUT2D eigenvalue weighted by Crippen LogP contribution is 2.31. The van der Waals surface area contributed by atoms with Crippen LogP contribution in [0, 0.1) is 5.82 Å². The fourth-order valence-electron chi connectivity index (χ4n) is 2.69. The molecule has 1 atom stereocenters. The Morgan fingerprint density at radius 1 is 1.24 bits per heavy atom. The van der Waals surface area contributed by atoms with Crippen molar-refractivity contribution < 1.29 is 4.39 Å². The molecule has 0 bridgehead atoms. The van der Waals surface area contributed by atoms with Crippen molar-refractivity contribution in [2.45, 2.75) is 25.8 Å². The summed E-state index contributed by atoms with van der Waals surface area (Å²) in [5.74, 6) is -0.154. The molecule has 0 aliphatic carbocycles. The van der Waals surface area contributed by atoms with Crippen LogP contribution in [-0.2, 0) is 0 Å². The molecule has 2 heterocycles. The number of halogens is 2. The SMILES string of the molecule is CC(Nc1ccc(N2CCCC2)c(F)c1)c1ccc(Cl)s1. The van der Waals surface area contributed by atoms with E-state index in [-0.39, 0.29) is 11.9 Å². The molecular formula is C16H18ClFN2S. The predicted molar refractivity (Wildman–Crippen MR) is 89.2 cm³/mol. The average Bonchev–Trinajstić information content (AvgIpc) is 3.10. The van der Waals surface area contributed by atoms with Crippen LogP contribution in [0.25, 0.3) is 0 Å². The second-order valence-electron chi connectivity index (χ2n) is 5.37. The number of benzene rings is 1. The van der Waals surface area contributed by atoms with Gasteiger partial charge >= 0.3 is 0 Å². The first kappa shape index (κ1) is 14.7. The third-order valence-electron chi connectivity index (χ3n) is 3.80. The Hall–Kier alpha value is -1.26. The van der Waals surface area contributed by atoms with Crippen LogP contribution in [0.1, 0.15) is 30.7 Å². The highest BCUT2D eigenvalue weighted by Gasteiger charge is 2.16. The van der Waals surface area contributed by atoms with Gasteiger partial charge in [0.2, 0.25) is 0 Å². The van der Waals surface area contributed by atoms with Crippen LogP contribution in [0.2, 0.25) is 4.34 Å². The Kier molecular flexibility index (Phi) is 4.36. The summed E-state index contributed by atoms with van der Waals surface area (Å²) < 4.78 is 15.0. The van der Waals surface area contributed by atoms with Crippen LogP contribution in [0.5, 0.6) is 0 Å². The molecule has 1 aromatic heterocycles. The number of hydrogen-bond acceptors (Lipinski definition) is 3. The quantitative estimate of drug-likeness (QED) is 0.819. The number of nitrogens with one attached hydrogen (secondary N) is 1. The van der Waals surface area contributed by atoms with Gasteiger partial charge in [-0.1, -0.05) is 11.6 Å². The van der Waals surface area contributed by atoms with Crippen molar-refractivity contribution in [3.05, 3.63) is 45.4 Å². The molecule has 1 aliphatic rings.